The Bertz CT molecular complexity index is 478. The van der Waals surface area contributed by atoms with Crippen LogP contribution in [0.15, 0.2) is 0 Å². The lowest BCUT2D eigenvalue weighted by atomic mass is 10.1. The first-order valence-corrected chi connectivity index (χ1v) is 9.43. The summed E-state index contributed by atoms with van der Waals surface area (Å²) in [5, 5.41) is 4.93. The lowest BCUT2D eigenvalue weighted by molar-refractivity contribution is 0.624. The number of anilines is 1. The van der Waals surface area contributed by atoms with Gasteiger partial charge in [0.2, 0.25) is 0 Å². The summed E-state index contributed by atoms with van der Waals surface area (Å²) < 4.78 is 0. The van der Waals surface area contributed by atoms with Crippen LogP contribution in [-0.2, 0) is 6.54 Å². The quantitative estimate of drug-likeness (QED) is 0.850. The molecule has 3 rings (SSSR count). The molecule has 1 aromatic rings. The highest BCUT2D eigenvalue weighted by molar-refractivity contribution is 7.15. The van der Waals surface area contributed by atoms with Crippen molar-refractivity contribution in [2.45, 2.75) is 90.4 Å². The molecule has 0 bridgehead atoms. The molecule has 1 aromatic heterocycles. The van der Waals surface area contributed by atoms with E-state index in [0.717, 1.165) is 12.6 Å². The summed E-state index contributed by atoms with van der Waals surface area (Å²) >= 11 is 1.93. The van der Waals surface area contributed by atoms with Gasteiger partial charge in [-0.05, 0) is 44.9 Å². The second-order valence-corrected chi connectivity index (χ2v) is 8.07. The van der Waals surface area contributed by atoms with Gasteiger partial charge in [0, 0.05) is 29.5 Å². The molecule has 1 N–H and O–H groups in total. The van der Waals surface area contributed by atoms with Crippen LogP contribution in [-0.4, -0.2) is 23.1 Å². The number of thiazole rings is 1. The maximum atomic E-state index is 5.04. The molecular weight excluding hydrogens is 278 g/mol. The summed E-state index contributed by atoms with van der Waals surface area (Å²) in [6, 6.07) is 2.10. The van der Waals surface area contributed by atoms with Crippen molar-refractivity contribution < 1.29 is 0 Å². The van der Waals surface area contributed by atoms with Gasteiger partial charge in [0.05, 0.1) is 5.69 Å². The Morgan fingerprint density at radius 1 is 1.29 bits per heavy atom. The zero-order valence-corrected chi connectivity index (χ0v) is 14.7. The first kappa shape index (κ1) is 15.3. The predicted octanol–water partition coefficient (Wildman–Crippen LogP) is 4.29. The highest BCUT2D eigenvalue weighted by Gasteiger charge is 2.32. The van der Waals surface area contributed by atoms with Crippen LogP contribution < -0.4 is 10.2 Å². The van der Waals surface area contributed by atoms with E-state index >= 15 is 0 Å². The molecule has 2 atom stereocenters. The number of hydrogen-bond donors (Lipinski definition) is 1. The van der Waals surface area contributed by atoms with Crippen LogP contribution in [0, 0.1) is 0 Å². The largest absolute Gasteiger partial charge is 0.342 e. The Hall–Kier alpha value is -0.610. The van der Waals surface area contributed by atoms with E-state index in [1.165, 1.54) is 47.8 Å². The Morgan fingerprint density at radius 2 is 2.05 bits per heavy atom. The first-order valence-electron chi connectivity index (χ1n) is 8.61. The summed E-state index contributed by atoms with van der Waals surface area (Å²) in [5.74, 6) is 0.518. The van der Waals surface area contributed by atoms with E-state index in [0.29, 0.717) is 18.0 Å². The Morgan fingerprint density at radius 3 is 2.67 bits per heavy atom. The average Bonchev–Trinajstić information content (AvgIpc) is 3.07. The molecule has 0 aromatic carbocycles. The van der Waals surface area contributed by atoms with Crippen molar-refractivity contribution in [3.63, 3.8) is 0 Å². The smallest absolute Gasteiger partial charge is 0.186 e. The van der Waals surface area contributed by atoms with Gasteiger partial charge in [-0.1, -0.05) is 20.8 Å². The van der Waals surface area contributed by atoms with Gasteiger partial charge in [0.25, 0.3) is 0 Å². The van der Waals surface area contributed by atoms with Crippen LogP contribution in [0.2, 0.25) is 0 Å². The lowest BCUT2D eigenvalue weighted by Crippen LogP contribution is -2.33. The third kappa shape index (κ3) is 3.26. The Labute approximate surface area is 133 Å². The lowest BCUT2D eigenvalue weighted by Gasteiger charge is -2.27. The standard InChI is InChI=1S/C17H29N3S/c1-5-14-9-6-12(4)20(14)17-19-16(11(2)3)15(21-17)10-18-13-7-8-13/h11-14,18H,5-10H2,1-4H3. The fourth-order valence-corrected chi connectivity index (χ4v) is 4.72. The van der Waals surface area contributed by atoms with E-state index in [1.54, 1.807) is 0 Å². The highest BCUT2D eigenvalue weighted by atomic mass is 32.1. The minimum Gasteiger partial charge on any atom is -0.342 e. The van der Waals surface area contributed by atoms with Gasteiger partial charge >= 0.3 is 0 Å². The maximum absolute atomic E-state index is 5.04. The predicted molar refractivity (Wildman–Crippen MR) is 91.3 cm³/mol. The van der Waals surface area contributed by atoms with Crippen LogP contribution in [0.5, 0.6) is 0 Å². The zero-order valence-electron chi connectivity index (χ0n) is 13.9. The normalized spacial score (nSPS) is 26.0. The molecule has 2 aliphatic rings. The third-order valence-electron chi connectivity index (χ3n) is 4.87. The van der Waals surface area contributed by atoms with Crippen molar-refractivity contribution in [2.75, 3.05) is 4.90 Å². The van der Waals surface area contributed by atoms with Crippen molar-refractivity contribution in [1.82, 2.24) is 10.3 Å². The van der Waals surface area contributed by atoms with Crippen LogP contribution in [0.4, 0.5) is 5.13 Å². The minimum atomic E-state index is 0.518. The van der Waals surface area contributed by atoms with E-state index in [9.17, 15) is 0 Å². The fourth-order valence-electron chi connectivity index (χ4n) is 3.38. The van der Waals surface area contributed by atoms with Crippen molar-refractivity contribution in [3.8, 4) is 0 Å². The Balaban J connectivity index is 1.82. The van der Waals surface area contributed by atoms with Gasteiger partial charge in [-0.2, -0.15) is 0 Å². The van der Waals surface area contributed by atoms with E-state index in [4.69, 9.17) is 4.98 Å². The van der Waals surface area contributed by atoms with Crippen molar-refractivity contribution in [1.29, 1.82) is 0 Å². The molecule has 1 aliphatic heterocycles. The summed E-state index contributed by atoms with van der Waals surface area (Å²) in [4.78, 5) is 9.10. The van der Waals surface area contributed by atoms with Gasteiger partial charge < -0.3 is 10.2 Å². The fraction of sp³-hybridized carbons (Fsp3) is 0.824. The third-order valence-corrected chi connectivity index (χ3v) is 5.95. The molecule has 21 heavy (non-hydrogen) atoms. The monoisotopic (exact) mass is 307 g/mol. The Kier molecular flexibility index (Phi) is 4.55. The van der Waals surface area contributed by atoms with Gasteiger partial charge in [0.1, 0.15) is 0 Å². The second kappa shape index (κ2) is 6.25. The SMILES string of the molecule is CCC1CCC(C)N1c1nc(C(C)C)c(CNC2CC2)s1. The molecule has 0 amide bonds. The molecule has 3 nitrogen and oxygen atoms in total. The second-order valence-electron chi connectivity index (χ2n) is 7.01. The van der Waals surface area contributed by atoms with E-state index < -0.39 is 0 Å². The molecule has 0 spiro atoms. The highest BCUT2D eigenvalue weighted by Crippen LogP contribution is 2.38. The van der Waals surface area contributed by atoms with Crippen molar-refractivity contribution in [2.24, 2.45) is 0 Å². The van der Waals surface area contributed by atoms with Gasteiger partial charge in [0.15, 0.2) is 5.13 Å². The summed E-state index contributed by atoms with van der Waals surface area (Å²) in [6.07, 6.45) is 6.57. The minimum absolute atomic E-state index is 0.518. The molecule has 0 radical (unpaired) electrons. The van der Waals surface area contributed by atoms with Crippen molar-refractivity contribution >= 4 is 16.5 Å². The van der Waals surface area contributed by atoms with Crippen LogP contribution in [0.3, 0.4) is 0 Å². The van der Waals surface area contributed by atoms with E-state index in [1.807, 2.05) is 11.3 Å². The summed E-state index contributed by atoms with van der Waals surface area (Å²) in [7, 11) is 0. The van der Waals surface area contributed by atoms with Crippen LogP contribution in [0.1, 0.15) is 76.3 Å². The molecule has 4 heteroatoms. The zero-order chi connectivity index (χ0) is 15.0. The first-order chi connectivity index (χ1) is 10.1. The number of hydrogen-bond acceptors (Lipinski definition) is 4. The number of aromatic nitrogens is 1. The van der Waals surface area contributed by atoms with E-state index in [-0.39, 0.29) is 0 Å². The van der Waals surface area contributed by atoms with Crippen LogP contribution >= 0.6 is 11.3 Å². The summed E-state index contributed by atoms with van der Waals surface area (Å²) in [5.41, 5.74) is 1.32. The molecule has 1 aliphatic carbocycles. The number of nitrogens with one attached hydrogen (secondary N) is 1. The number of rotatable bonds is 6. The van der Waals surface area contributed by atoms with E-state index in [2.05, 4.69) is 37.9 Å². The van der Waals surface area contributed by atoms with Crippen molar-refractivity contribution in [3.05, 3.63) is 10.6 Å². The van der Waals surface area contributed by atoms with Gasteiger partial charge in [-0.25, -0.2) is 4.98 Å². The molecule has 2 unspecified atom stereocenters. The molecule has 118 valence electrons. The topological polar surface area (TPSA) is 28.2 Å². The molecule has 1 saturated carbocycles. The molecular formula is C17H29N3S. The van der Waals surface area contributed by atoms with Crippen LogP contribution in [0.25, 0.3) is 0 Å². The maximum Gasteiger partial charge on any atom is 0.186 e. The van der Waals surface area contributed by atoms with Gasteiger partial charge in [-0.15, -0.1) is 11.3 Å². The summed E-state index contributed by atoms with van der Waals surface area (Å²) in [6.45, 7) is 10.2. The molecule has 2 fully saturated rings. The average molecular weight is 308 g/mol. The number of nitrogens with zero attached hydrogens (tertiary/aromatic N) is 2. The van der Waals surface area contributed by atoms with Gasteiger partial charge in [-0.3, -0.25) is 0 Å². The molecule has 1 saturated heterocycles. The molecule has 2 heterocycles.